The molecule has 96 valence electrons. The van der Waals surface area contributed by atoms with Gasteiger partial charge in [-0.15, -0.1) is 0 Å². The van der Waals surface area contributed by atoms with Gasteiger partial charge in [0.2, 0.25) is 0 Å². The van der Waals surface area contributed by atoms with Gasteiger partial charge >= 0.3 is 0 Å². The molecule has 1 atom stereocenters. The second kappa shape index (κ2) is 5.19. The smallest absolute Gasteiger partial charge is 0.0640 e. The number of aromatic nitrogens is 2. The van der Waals surface area contributed by atoms with E-state index in [1.807, 2.05) is 12.4 Å². The molecule has 0 aromatic carbocycles. The predicted molar refractivity (Wildman–Crippen MR) is 67.6 cm³/mol. The highest BCUT2D eigenvalue weighted by Gasteiger charge is 2.33. The van der Waals surface area contributed by atoms with Crippen LogP contribution in [0.2, 0.25) is 0 Å². The molecule has 2 rings (SSSR count). The Kier molecular flexibility index (Phi) is 3.84. The molecule has 0 bridgehead atoms. The second-order valence-corrected chi connectivity index (χ2v) is 5.65. The van der Waals surface area contributed by atoms with Gasteiger partial charge in [-0.25, -0.2) is 0 Å². The Hall–Kier alpha value is -0.870. The summed E-state index contributed by atoms with van der Waals surface area (Å²) in [6.45, 7) is 6.28. The number of nitrogens with zero attached hydrogens (tertiary/aromatic N) is 2. The zero-order chi connectivity index (χ0) is 12.3. The lowest BCUT2D eigenvalue weighted by molar-refractivity contribution is 0.269. The molecular formula is C13H23N3O. The number of hydrogen-bond acceptors (Lipinski definition) is 3. The molecular weight excluding hydrogens is 214 g/mol. The van der Waals surface area contributed by atoms with Crippen LogP contribution in [0.15, 0.2) is 12.4 Å². The first-order chi connectivity index (χ1) is 8.12. The number of aliphatic hydroxyl groups excluding tert-OH is 1. The van der Waals surface area contributed by atoms with E-state index in [-0.39, 0.29) is 6.61 Å². The fourth-order valence-electron chi connectivity index (χ4n) is 2.67. The largest absolute Gasteiger partial charge is 0.394 e. The van der Waals surface area contributed by atoms with Gasteiger partial charge in [0.1, 0.15) is 0 Å². The minimum absolute atomic E-state index is 0.143. The minimum atomic E-state index is 0.143. The highest BCUT2D eigenvalue weighted by Crippen LogP contribution is 2.37. The number of rotatable bonds is 5. The van der Waals surface area contributed by atoms with Gasteiger partial charge in [0.05, 0.1) is 19.3 Å². The van der Waals surface area contributed by atoms with E-state index >= 15 is 0 Å². The van der Waals surface area contributed by atoms with Gasteiger partial charge < -0.3 is 10.4 Å². The van der Waals surface area contributed by atoms with Crippen molar-refractivity contribution < 1.29 is 5.11 Å². The third kappa shape index (κ3) is 3.07. The van der Waals surface area contributed by atoms with Gasteiger partial charge in [-0.1, -0.05) is 20.3 Å². The fraction of sp³-hybridized carbons (Fsp3) is 0.769. The van der Waals surface area contributed by atoms with E-state index in [1.54, 1.807) is 4.68 Å². The molecule has 1 aromatic heterocycles. The molecule has 0 spiro atoms. The van der Waals surface area contributed by atoms with Crippen LogP contribution in [0, 0.1) is 5.41 Å². The maximum absolute atomic E-state index is 8.82. The van der Waals surface area contributed by atoms with E-state index < -0.39 is 0 Å². The molecule has 0 amide bonds. The fourth-order valence-corrected chi connectivity index (χ4v) is 2.67. The summed E-state index contributed by atoms with van der Waals surface area (Å²) in [5.74, 6) is 0. The summed E-state index contributed by atoms with van der Waals surface area (Å²) in [7, 11) is 0. The van der Waals surface area contributed by atoms with Gasteiger partial charge in [0, 0.05) is 24.3 Å². The zero-order valence-corrected chi connectivity index (χ0v) is 10.8. The monoisotopic (exact) mass is 237 g/mol. The lowest BCUT2D eigenvalue weighted by Crippen LogP contribution is -2.37. The van der Waals surface area contributed by atoms with Crippen LogP contribution in [-0.2, 0) is 13.1 Å². The Balaban J connectivity index is 1.85. The zero-order valence-electron chi connectivity index (χ0n) is 10.8. The van der Waals surface area contributed by atoms with Crippen molar-refractivity contribution in [3.05, 3.63) is 18.0 Å². The van der Waals surface area contributed by atoms with Crippen molar-refractivity contribution in [2.24, 2.45) is 5.41 Å². The van der Waals surface area contributed by atoms with Crippen molar-refractivity contribution in [1.29, 1.82) is 0 Å². The van der Waals surface area contributed by atoms with Crippen LogP contribution in [0.3, 0.4) is 0 Å². The van der Waals surface area contributed by atoms with E-state index in [2.05, 4.69) is 24.3 Å². The number of nitrogens with one attached hydrogen (secondary N) is 1. The van der Waals surface area contributed by atoms with Crippen LogP contribution in [0.1, 0.15) is 38.7 Å². The van der Waals surface area contributed by atoms with Gasteiger partial charge in [0.15, 0.2) is 0 Å². The molecule has 4 nitrogen and oxygen atoms in total. The molecule has 1 unspecified atom stereocenters. The number of hydrogen-bond donors (Lipinski definition) is 2. The van der Waals surface area contributed by atoms with E-state index in [0.717, 1.165) is 6.54 Å². The second-order valence-electron chi connectivity index (χ2n) is 5.65. The van der Waals surface area contributed by atoms with Gasteiger partial charge in [0.25, 0.3) is 0 Å². The first-order valence-electron chi connectivity index (χ1n) is 6.47. The number of aliphatic hydroxyl groups is 1. The molecule has 1 saturated carbocycles. The Labute approximate surface area is 103 Å². The molecule has 17 heavy (non-hydrogen) atoms. The van der Waals surface area contributed by atoms with Crippen molar-refractivity contribution in [3.63, 3.8) is 0 Å². The maximum Gasteiger partial charge on any atom is 0.0640 e. The first-order valence-corrected chi connectivity index (χ1v) is 6.47. The maximum atomic E-state index is 8.82. The molecule has 0 saturated heterocycles. The summed E-state index contributed by atoms with van der Waals surface area (Å²) in [6, 6.07) is 0.615. The average molecular weight is 237 g/mol. The summed E-state index contributed by atoms with van der Waals surface area (Å²) < 4.78 is 1.79. The SMILES string of the molecule is CC1(C)CCCC1NCc1cnn(CCO)c1. The highest BCUT2D eigenvalue weighted by atomic mass is 16.3. The molecule has 1 aliphatic rings. The van der Waals surface area contributed by atoms with Crippen LogP contribution in [0.25, 0.3) is 0 Å². The van der Waals surface area contributed by atoms with Crippen LogP contribution >= 0.6 is 0 Å². The van der Waals surface area contributed by atoms with Gasteiger partial charge in [-0.3, -0.25) is 4.68 Å². The van der Waals surface area contributed by atoms with Crippen molar-refractivity contribution >= 4 is 0 Å². The molecule has 1 heterocycles. The summed E-state index contributed by atoms with van der Waals surface area (Å²) in [4.78, 5) is 0. The van der Waals surface area contributed by atoms with Crippen LogP contribution < -0.4 is 5.32 Å². The highest BCUT2D eigenvalue weighted by molar-refractivity contribution is 5.04. The summed E-state index contributed by atoms with van der Waals surface area (Å²) in [5.41, 5.74) is 1.61. The van der Waals surface area contributed by atoms with E-state index in [4.69, 9.17) is 5.11 Å². The van der Waals surface area contributed by atoms with Crippen molar-refractivity contribution in [2.45, 2.75) is 52.2 Å². The summed E-state index contributed by atoms with van der Waals surface area (Å²) in [6.07, 6.45) is 7.80. The topological polar surface area (TPSA) is 50.1 Å². The Morgan fingerprint density at radius 3 is 3.06 bits per heavy atom. The van der Waals surface area contributed by atoms with Crippen molar-refractivity contribution in [2.75, 3.05) is 6.61 Å². The molecule has 2 N–H and O–H groups in total. The standard InChI is InChI=1S/C13H23N3O/c1-13(2)5-3-4-12(13)14-8-11-9-15-16(10-11)6-7-17/h9-10,12,14,17H,3-8H2,1-2H3. The minimum Gasteiger partial charge on any atom is -0.394 e. The molecule has 0 aliphatic heterocycles. The predicted octanol–water partition coefficient (Wildman–Crippen LogP) is 1.54. The molecule has 4 heteroatoms. The molecule has 1 aliphatic carbocycles. The molecule has 1 aromatic rings. The lowest BCUT2D eigenvalue weighted by atomic mass is 9.87. The van der Waals surface area contributed by atoms with Gasteiger partial charge in [-0.05, 0) is 18.3 Å². The van der Waals surface area contributed by atoms with E-state index in [0.29, 0.717) is 18.0 Å². The summed E-state index contributed by atoms with van der Waals surface area (Å²) >= 11 is 0. The third-order valence-corrected chi connectivity index (χ3v) is 3.83. The van der Waals surface area contributed by atoms with Gasteiger partial charge in [-0.2, -0.15) is 5.10 Å². The van der Waals surface area contributed by atoms with E-state index in [9.17, 15) is 0 Å². The molecule has 1 fully saturated rings. The lowest BCUT2D eigenvalue weighted by Gasteiger charge is -2.27. The van der Waals surface area contributed by atoms with Crippen LogP contribution in [0.4, 0.5) is 0 Å². The van der Waals surface area contributed by atoms with Crippen LogP contribution in [-0.4, -0.2) is 27.5 Å². The first kappa shape index (κ1) is 12.6. The average Bonchev–Trinajstić information content (AvgIpc) is 2.83. The van der Waals surface area contributed by atoms with E-state index in [1.165, 1.54) is 24.8 Å². The normalized spacial score (nSPS) is 23.1. The van der Waals surface area contributed by atoms with Crippen molar-refractivity contribution in [3.8, 4) is 0 Å². The van der Waals surface area contributed by atoms with Crippen LogP contribution in [0.5, 0.6) is 0 Å². The van der Waals surface area contributed by atoms with Crippen molar-refractivity contribution in [1.82, 2.24) is 15.1 Å². The quantitative estimate of drug-likeness (QED) is 0.817. The Morgan fingerprint density at radius 1 is 1.59 bits per heavy atom. The summed E-state index contributed by atoms with van der Waals surface area (Å²) in [5, 5.41) is 16.7. The Bertz CT molecular complexity index is 359. The third-order valence-electron chi connectivity index (χ3n) is 3.83. The molecule has 0 radical (unpaired) electrons. The Morgan fingerprint density at radius 2 is 2.41 bits per heavy atom.